The Bertz CT molecular complexity index is 557. The molecule has 2 aromatic rings. The van der Waals surface area contributed by atoms with Crippen LogP contribution in [0.5, 0.6) is 0 Å². The van der Waals surface area contributed by atoms with Gasteiger partial charge in [-0.2, -0.15) is 0 Å². The van der Waals surface area contributed by atoms with E-state index in [2.05, 4.69) is 15.3 Å². The van der Waals surface area contributed by atoms with Crippen LogP contribution >= 0.6 is 23.2 Å². The van der Waals surface area contributed by atoms with Crippen molar-refractivity contribution in [2.24, 2.45) is 0 Å². The van der Waals surface area contributed by atoms with Gasteiger partial charge in [-0.25, -0.2) is 9.37 Å². The van der Waals surface area contributed by atoms with Crippen molar-refractivity contribution in [1.82, 2.24) is 15.3 Å². The van der Waals surface area contributed by atoms with E-state index in [-0.39, 0.29) is 17.1 Å². The highest BCUT2D eigenvalue weighted by Gasteiger charge is 2.19. The molecule has 0 amide bonds. The van der Waals surface area contributed by atoms with Gasteiger partial charge in [-0.05, 0) is 26.0 Å². The third kappa shape index (κ3) is 3.08. The zero-order valence-corrected chi connectivity index (χ0v) is 12.1. The summed E-state index contributed by atoms with van der Waals surface area (Å²) in [6.07, 6.45) is 3.43. The van der Waals surface area contributed by atoms with Gasteiger partial charge >= 0.3 is 0 Å². The minimum atomic E-state index is -0.472. The Morgan fingerprint density at radius 2 is 2.00 bits per heavy atom. The van der Waals surface area contributed by atoms with Gasteiger partial charge in [-0.15, -0.1) is 0 Å². The van der Waals surface area contributed by atoms with E-state index < -0.39 is 5.82 Å². The third-order valence-corrected chi connectivity index (χ3v) is 3.66. The number of imidazole rings is 1. The average molecular weight is 302 g/mol. The van der Waals surface area contributed by atoms with Crippen LogP contribution < -0.4 is 5.32 Å². The van der Waals surface area contributed by atoms with Crippen LogP contribution in [0.15, 0.2) is 24.5 Å². The zero-order valence-electron chi connectivity index (χ0n) is 10.5. The molecule has 0 aliphatic heterocycles. The van der Waals surface area contributed by atoms with Crippen molar-refractivity contribution in [3.63, 3.8) is 0 Å². The second-order valence-electron chi connectivity index (χ2n) is 4.34. The Balaban J connectivity index is 2.21. The Hall–Kier alpha value is -1.10. The summed E-state index contributed by atoms with van der Waals surface area (Å²) in [6, 6.07) is 2.54. The molecule has 1 aromatic heterocycles. The Morgan fingerprint density at radius 3 is 2.63 bits per heavy atom. The first kappa shape index (κ1) is 14.3. The zero-order chi connectivity index (χ0) is 14.0. The summed E-state index contributed by atoms with van der Waals surface area (Å²) in [5.74, 6) is 0.330. The van der Waals surface area contributed by atoms with Crippen LogP contribution in [0.2, 0.25) is 10.0 Å². The lowest BCUT2D eigenvalue weighted by molar-refractivity contribution is 0.477. The maximum atomic E-state index is 13.5. The molecule has 2 N–H and O–H groups in total. The molecule has 19 heavy (non-hydrogen) atoms. The van der Waals surface area contributed by atoms with Crippen LogP contribution in [-0.4, -0.2) is 9.97 Å². The van der Waals surface area contributed by atoms with Gasteiger partial charge in [0.1, 0.15) is 11.6 Å². The molecule has 0 spiro atoms. The van der Waals surface area contributed by atoms with Crippen molar-refractivity contribution in [2.75, 3.05) is 0 Å². The molecule has 0 aliphatic rings. The van der Waals surface area contributed by atoms with E-state index in [4.69, 9.17) is 23.2 Å². The van der Waals surface area contributed by atoms with Gasteiger partial charge in [0.05, 0.1) is 11.1 Å². The Morgan fingerprint density at radius 1 is 1.26 bits per heavy atom. The van der Waals surface area contributed by atoms with Crippen molar-refractivity contribution in [3.05, 3.63) is 51.8 Å². The highest BCUT2D eigenvalue weighted by molar-refractivity contribution is 6.36. The molecule has 0 fully saturated rings. The fraction of sp³-hybridized carbons (Fsp3) is 0.308. The Kier molecular flexibility index (Phi) is 4.45. The molecular weight excluding hydrogens is 288 g/mol. The molecule has 1 heterocycles. The molecule has 102 valence electrons. The summed E-state index contributed by atoms with van der Waals surface area (Å²) in [5.41, 5.74) is 0.557. The molecule has 1 aromatic carbocycles. The van der Waals surface area contributed by atoms with Crippen LogP contribution in [0.3, 0.4) is 0 Å². The maximum absolute atomic E-state index is 13.5. The predicted molar refractivity (Wildman–Crippen MR) is 75.0 cm³/mol. The van der Waals surface area contributed by atoms with Gasteiger partial charge in [0.25, 0.3) is 0 Å². The van der Waals surface area contributed by atoms with E-state index >= 15 is 0 Å². The van der Waals surface area contributed by atoms with Gasteiger partial charge in [0, 0.05) is 29.0 Å². The summed E-state index contributed by atoms with van der Waals surface area (Å²) < 4.78 is 13.5. The number of nitrogens with one attached hydrogen (secondary N) is 2. The SMILES string of the molecule is CC(NC(C)c1c(Cl)ccc(F)c1Cl)c1ncc[nH]1. The average Bonchev–Trinajstić information content (AvgIpc) is 2.88. The van der Waals surface area contributed by atoms with Crippen LogP contribution in [0.4, 0.5) is 4.39 Å². The Labute approximate surface area is 121 Å². The van der Waals surface area contributed by atoms with Crippen molar-refractivity contribution in [3.8, 4) is 0 Å². The molecule has 2 unspecified atom stereocenters. The lowest BCUT2D eigenvalue weighted by Crippen LogP contribution is -2.24. The number of hydrogen-bond acceptors (Lipinski definition) is 2. The first-order valence-corrected chi connectivity index (χ1v) is 6.65. The normalized spacial score (nSPS) is 14.4. The van der Waals surface area contributed by atoms with Crippen LogP contribution in [0, 0.1) is 5.82 Å². The second-order valence-corrected chi connectivity index (χ2v) is 5.13. The summed E-state index contributed by atoms with van der Waals surface area (Å²) in [6.45, 7) is 3.84. The fourth-order valence-electron chi connectivity index (χ4n) is 1.99. The van der Waals surface area contributed by atoms with E-state index in [9.17, 15) is 4.39 Å². The van der Waals surface area contributed by atoms with Crippen LogP contribution in [0.1, 0.15) is 37.3 Å². The summed E-state index contributed by atoms with van der Waals surface area (Å²) in [5, 5.41) is 3.78. The van der Waals surface area contributed by atoms with Gasteiger partial charge in [0.2, 0.25) is 0 Å². The number of hydrogen-bond donors (Lipinski definition) is 2. The fourth-order valence-corrected chi connectivity index (χ4v) is 2.69. The molecule has 0 radical (unpaired) electrons. The number of aromatic amines is 1. The van der Waals surface area contributed by atoms with E-state index in [1.807, 2.05) is 13.8 Å². The summed E-state index contributed by atoms with van der Waals surface area (Å²) in [4.78, 5) is 7.19. The molecule has 0 aliphatic carbocycles. The molecule has 3 nitrogen and oxygen atoms in total. The van der Waals surface area contributed by atoms with Gasteiger partial charge in [-0.3, -0.25) is 0 Å². The standard InChI is InChI=1S/C13H14Cl2FN3/c1-7(19-8(2)13-17-5-6-18-13)11-9(14)3-4-10(16)12(11)15/h3-8,19H,1-2H3,(H,17,18). The molecule has 2 atom stereocenters. The number of benzene rings is 1. The predicted octanol–water partition coefficient (Wildman–Crippen LogP) is 4.27. The van der Waals surface area contributed by atoms with E-state index in [0.717, 1.165) is 5.82 Å². The largest absolute Gasteiger partial charge is 0.347 e. The third-order valence-electron chi connectivity index (χ3n) is 2.94. The molecule has 0 bridgehead atoms. The first-order valence-electron chi connectivity index (χ1n) is 5.89. The molecule has 2 rings (SSSR count). The molecule has 0 saturated carbocycles. The maximum Gasteiger partial charge on any atom is 0.142 e. The highest BCUT2D eigenvalue weighted by Crippen LogP contribution is 2.33. The van der Waals surface area contributed by atoms with Crippen molar-refractivity contribution < 1.29 is 4.39 Å². The molecule has 0 saturated heterocycles. The van der Waals surface area contributed by atoms with Crippen molar-refractivity contribution in [2.45, 2.75) is 25.9 Å². The lowest BCUT2D eigenvalue weighted by atomic mass is 10.1. The van der Waals surface area contributed by atoms with Crippen molar-refractivity contribution >= 4 is 23.2 Å². The number of H-pyrrole nitrogens is 1. The topological polar surface area (TPSA) is 40.7 Å². The van der Waals surface area contributed by atoms with Crippen molar-refractivity contribution in [1.29, 1.82) is 0 Å². The quantitative estimate of drug-likeness (QED) is 0.828. The molecule has 6 heteroatoms. The lowest BCUT2D eigenvalue weighted by Gasteiger charge is -2.21. The number of halogens is 3. The second kappa shape index (κ2) is 5.90. The minimum Gasteiger partial charge on any atom is -0.347 e. The summed E-state index contributed by atoms with van der Waals surface area (Å²) >= 11 is 12.1. The van der Waals surface area contributed by atoms with E-state index in [1.54, 1.807) is 12.4 Å². The highest BCUT2D eigenvalue weighted by atomic mass is 35.5. The first-order chi connectivity index (χ1) is 9.00. The molecular formula is C13H14Cl2FN3. The van der Waals surface area contributed by atoms with Crippen LogP contribution in [0.25, 0.3) is 0 Å². The van der Waals surface area contributed by atoms with E-state index in [0.29, 0.717) is 10.6 Å². The monoisotopic (exact) mass is 301 g/mol. The van der Waals surface area contributed by atoms with E-state index in [1.165, 1.54) is 12.1 Å². The van der Waals surface area contributed by atoms with Gasteiger partial charge in [-0.1, -0.05) is 23.2 Å². The van der Waals surface area contributed by atoms with Gasteiger partial charge in [0.15, 0.2) is 0 Å². The minimum absolute atomic E-state index is 0.0274. The number of aromatic nitrogens is 2. The number of nitrogens with zero attached hydrogens (tertiary/aromatic N) is 1. The summed E-state index contributed by atoms with van der Waals surface area (Å²) in [7, 11) is 0. The smallest absolute Gasteiger partial charge is 0.142 e. The van der Waals surface area contributed by atoms with Gasteiger partial charge < -0.3 is 10.3 Å². The van der Waals surface area contributed by atoms with Crippen LogP contribution in [-0.2, 0) is 0 Å². The number of rotatable bonds is 4.